The van der Waals surface area contributed by atoms with Crippen LogP contribution in [0.4, 0.5) is 57.4 Å². The predicted octanol–water partition coefficient (Wildman–Crippen LogP) is 16.9. The second-order valence-corrected chi connectivity index (χ2v) is 29.9. The molecule has 0 saturated heterocycles. The zero-order chi connectivity index (χ0) is 49.2. The topological polar surface area (TPSA) is 34.6 Å². The molecule has 10 heteroatoms. The number of rotatable bonds is 10. The van der Waals surface area contributed by atoms with E-state index in [2.05, 4.69) is 62.3 Å². The fourth-order valence-corrected chi connectivity index (χ4v) is 12.0. The summed E-state index contributed by atoms with van der Waals surface area (Å²) >= 11 is 0. The van der Waals surface area contributed by atoms with Crippen LogP contribution in [0.2, 0.25) is 39.3 Å². The summed E-state index contributed by atoms with van der Waals surface area (Å²) in [5, 5.41) is 17.1. The Labute approximate surface area is 407 Å². The van der Waals surface area contributed by atoms with Crippen LogP contribution in [0, 0.1) is 41.2 Å². The number of benzene rings is 10. The monoisotopic (exact) mass is 954 g/mol. The van der Waals surface area contributed by atoms with Crippen molar-refractivity contribution in [2.45, 2.75) is 39.3 Å². The van der Waals surface area contributed by atoms with Crippen molar-refractivity contribution in [3.63, 3.8) is 0 Å². The summed E-state index contributed by atoms with van der Waals surface area (Å²) in [6.45, 7) is 21.1. The number of anilines is 6. The zero-order valence-corrected chi connectivity index (χ0v) is 41.5. The minimum atomic E-state index is -1.86. The van der Waals surface area contributed by atoms with Gasteiger partial charge in [-0.3, -0.25) is 0 Å². The number of hydrogen-bond donors (Lipinski definition) is 0. The lowest BCUT2D eigenvalue weighted by Crippen LogP contribution is -2.37. The van der Waals surface area contributed by atoms with Gasteiger partial charge in [0.15, 0.2) is 17.3 Å². The second-order valence-electron chi connectivity index (χ2n) is 19.8. The summed E-state index contributed by atoms with van der Waals surface area (Å²) in [5.41, 5.74) is 5.49. The molecule has 0 bridgehead atoms. The number of nitriles is 1. The Balaban J connectivity index is 1.26. The first kappa shape index (κ1) is 45.7. The molecule has 0 aliphatic heterocycles. The van der Waals surface area contributed by atoms with E-state index >= 15 is 17.6 Å². The lowest BCUT2D eigenvalue weighted by molar-refractivity contribution is 0.584. The van der Waals surface area contributed by atoms with Crippen molar-refractivity contribution in [3.05, 3.63) is 210 Å². The van der Waals surface area contributed by atoms with E-state index in [1.165, 1.54) is 12.1 Å². The van der Waals surface area contributed by atoms with E-state index in [-0.39, 0.29) is 11.4 Å². The third-order valence-corrected chi connectivity index (χ3v) is 17.3. The Morgan fingerprint density at radius 1 is 0.486 bits per heavy atom. The van der Waals surface area contributed by atoms with E-state index in [0.29, 0.717) is 56.3 Å². The van der Waals surface area contributed by atoms with Crippen molar-refractivity contribution in [2.24, 2.45) is 0 Å². The summed E-state index contributed by atoms with van der Waals surface area (Å²) in [4.78, 5) is 7.24. The molecule has 0 atom stereocenters. The molecular weight excluding hydrogens is 909 g/mol. The average molecular weight is 955 g/mol. The van der Waals surface area contributed by atoms with Gasteiger partial charge in [-0.1, -0.05) is 147 Å². The maximum Gasteiger partial charge on any atom is 0.187 e. The normalized spacial score (nSPS) is 11.8. The quantitative estimate of drug-likeness (QED) is 0.0593. The molecule has 10 aromatic carbocycles. The number of halogens is 4. The number of hydrogen-bond acceptors (Lipinski definition) is 3. The number of nitrogens with zero attached hydrogens (tertiary/aromatic N) is 4. The Kier molecular flexibility index (Phi) is 11.4. The zero-order valence-electron chi connectivity index (χ0n) is 39.5. The van der Waals surface area contributed by atoms with Gasteiger partial charge in [-0.05, 0) is 93.3 Å². The van der Waals surface area contributed by atoms with E-state index in [9.17, 15) is 5.26 Å². The van der Waals surface area contributed by atoms with E-state index in [4.69, 9.17) is 6.57 Å². The second kappa shape index (κ2) is 17.5. The van der Waals surface area contributed by atoms with Gasteiger partial charge in [0.25, 0.3) is 0 Å². The van der Waals surface area contributed by atoms with Crippen LogP contribution in [-0.2, 0) is 0 Å². The Morgan fingerprint density at radius 2 is 0.900 bits per heavy atom. The van der Waals surface area contributed by atoms with Crippen LogP contribution in [-0.4, -0.2) is 16.1 Å². The molecule has 0 saturated carbocycles. The molecule has 0 radical (unpaired) electrons. The summed E-state index contributed by atoms with van der Waals surface area (Å²) in [6, 6.07) is 52.3. The lowest BCUT2D eigenvalue weighted by atomic mass is 9.91. The van der Waals surface area contributed by atoms with Gasteiger partial charge in [0.05, 0.1) is 57.1 Å². The largest absolute Gasteiger partial charge is 0.307 e. The molecule has 70 heavy (non-hydrogen) atoms. The molecule has 0 heterocycles. The molecular formula is C60H46F4N4Si2. The maximum atomic E-state index is 17.1. The fraction of sp³-hybridized carbons (Fsp3) is 0.100. The molecule has 0 aliphatic rings. The van der Waals surface area contributed by atoms with Gasteiger partial charge in [0.2, 0.25) is 0 Å². The van der Waals surface area contributed by atoms with Crippen molar-refractivity contribution in [3.8, 4) is 28.3 Å². The van der Waals surface area contributed by atoms with E-state index in [0.717, 1.165) is 54.8 Å². The first-order valence-corrected chi connectivity index (χ1v) is 30.0. The third kappa shape index (κ3) is 8.15. The van der Waals surface area contributed by atoms with Gasteiger partial charge in [-0.25, -0.2) is 22.4 Å². The minimum absolute atomic E-state index is 0.140. The minimum Gasteiger partial charge on any atom is -0.307 e. The maximum absolute atomic E-state index is 17.1. The molecule has 0 N–H and O–H groups in total. The molecule has 10 aromatic rings. The summed E-state index contributed by atoms with van der Waals surface area (Å²) in [5.74, 6) is -2.95. The Bertz CT molecular complexity index is 3520. The van der Waals surface area contributed by atoms with Gasteiger partial charge in [0, 0.05) is 45.4 Å². The highest BCUT2D eigenvalue weighted by Gasteiger charge is 2.29. The predicted molar refractivity (Wildman–Crippen MR) is 287 cm³/mol. The van der Waals surface area contributed by atoms with Crippen LogP contribution < -0.4 is 20.2 Å². The van der Waals surface area contributed by atoms with Crippen LogP contribution in [0.5, 0.6) is 0 Å². The van der Waals surface area contributed by atoms with Gasteiger partial charge >= 0.3 is 0 Å². The molecule has 0 aromatic heterocycles. The molecule has 4 nitrogen and oxygen atoms in total. The standard InChI is InChI=1S/C60H46F4N4Si2/c1-66-44-20-24-46(25-21-44)68(60-52(33-43(62)35-54(60)64)41-11-9-13-48(31-41)70(5,6)7)56-29-19-39-16-26-49-55(28-18-38-17-27-50(56)58(39)57(38)49)67(45-22-14-37(36-65)15-23-45)59-51(32-42(61)34-53(59)63)40-10-8-12-47(30-40)69(2,3)4/h8-35H,2-7H3. The van der Waals surface area contributed by atoms with Gasteiger partial charge in [0.1, 0.15) is 11.6 Å². The van der Waals surface area contributed by atoms with E-state index < -0.39 is 39.4 Å². The van der Waals surface area contributed by atoms with Crippen LogP contribution in [0.3, 0.4) is 0 Å². The smallest absolute Gasteiger partial charge is 0.187 e. The highest BCUT2D eigenvalue weighted by molar-refractivity contribution is 6.89. The molecule has 0 fully saturated rings. The third-order valence-electron chi connectivity index (χ3n) is 13.2. The van der Waals surface area contributed by atoms with Crippen LogP contribution in [0.15, 0.2) is 170 Å². The Hall–Kier alpha value is -8.03. The first-order chi connectivity index (χ1) is 33.5. The highest BCUT2D eigenvalue weighted by atomic mass is 28.3. The van der Waals surface area contributed by atoms with E-state index in [1.54, 1.807) is 53.4 Å². The molecule has 0 spiro atoms. The van der Waals surface area contributed by atoms with Crippen molar-refractivity contribution < 1.29 is 17.6 Å². The van der Waals surface area contributed by atoms with Crippen molar-refractivity contribution in [2.75, 3.05) is 9.80 Å². The summed E-state index contributed by atoms with van der Waals surface area (Å²) in [7, 11) is -3.72. The molecule has 0 aliphatic carbocycles. The molecule has 342 valence electrons. The summed E-state index contributed by atoms with van der Waals surface area (Å²) < 4.78 is 65.4. The van der Waals surface area contributed by atoms with Crippen LogP contribution in [0.25, 0.3) is 59.4 Å². The highest BCUT2D eigenvalue weighted by Crippen LogP contribution is 2.51. The summed E-state index contributed by atoms with van der Waals surface area (Å²) in [6.07, 6.45) is 0. The molecule has 10 rings (SSSR count). The Morgan fingerprint density at radius 3 is 1.30 bits per heavy atom. The van der Waals surface area contributed by atoms with Gasteiger partial charge in [-0.15, -0.1) is 0 Å². The van der Waals surface area contributed by atoms with E-state index in [1.807, 2.05) is 89.8 Å². The fourth-order valence-electron chi connectivity index (χ4n) is 9.63. The van der Waals surface area contributed by atoms with Gasteiger partial charge in [-0.2, -0.15) is 5.26 Å². The van der Waals surface area contributed by atoms with Crippen molar-refractivity contribution >= 4 is 98.7 Å². The first-order valence-electron chi connectivity index (χ1n) is 23.0. The van der Waals surface area contributed by atoms with Gasteiger partial charge < -0.3 is 9.80 Å². The molecule has 0 unspecified atom stereocenters. The van der Waals surface area contributed by atoms with Crippen LogP contribution in [0.1, 0.15) is 5.56 Å². The molecule has 0 amide bonds. The van der Waals surface area contributed by atoms with Crippen LogP contribution >= 0.6 is 0 Å². The van der Waals surface area contributed by atoms with Crippen molar-refractivity contribution in [1.82, 2.24) is 0 Å². The SMILES string of the molecule is [C-]#[N+]c1ccc(N(c2c(F)cc(F)cc2-c2cccc([Si](C)(C)C)c2)c2ccc3ccc4c(N(c5ccc(C#N)cc5)c5c(F)cc(F)cc5-c5cccc([Si](C)(C)C)c5)ccc5ccc2c3c54)cc1. The lowest BCUT2D eigenvalue weighted by Gasteiger charge is -2.31. The average Bonchev–Trinajstić information content (AvgIpc) is 3.34. The van der Waals surface area contributed by atoms with Crippen molar-refractivity contribution in [1.29, 1.82) is 5.26 Å².